The lowest BCUT2D eigenvalue weighted by Gasteiger charge is -2.44. The van der Waals surface area contributed by atoms with Crippen LogP contribution in [0.5, 0.6) is 11.5 Å². The molecule has 4 atom stereocenters. The molecule has 1 amide bonds. The van der Waals surface area contributed by atoms with E-state index in [-0.39, 0.29) is 42.3 Å². The molecule has 5 rings (SSSR count). The van der Waals surface area contributed by atoms with E-state index in [1.165, 1.54) is 5.56 Å². The number of methoxy groups -OCH3 is 1. The number of likely N-dealkylation sites (tertiary alicyclic amines) is 1. The summed E-state index contributed by atoms with van der Waals surface area (Å²) >= 11 is 0. The number of piperidine rings is 1. The summed E-state index contributed by atoms with van der Waals surface area (Å²) in [5, 5.41) is 12.1. The highest BCUT2D eigenvalue weighted by molar-refractivity contribution is 5.82. The molecule has 2 aromatic carbocycles. The molecular weight excluding hydrogens is 452 g/mol. The first-order chi connectivity index (χ1) is 16.2. The van der Waals surface area contributed by atoms with Crippen molar-refractivity contribution in [3.05, 3.63) is 59.7 Å². The van der Waals surface area contributed by atoms with Gasteiger partial charge in [0.25, 0.3) is 0 Å². The molecule has 0 aliphatic carbocycles. The van der Waals surface area contributed by atoms with Gasteiger partial charge in [0.15, 0.2) is 11.5 Å². The fraction of sp³-hybridized carbons (Fsp3) is 0.519. The standard InChI is InChI=1S/C27H34N2O4.ClH/c1-32-24-9-5-8-22-25(24)33-15-12-27(22)18-28-17-23(27)26(31)29-13-10-20(16-21(29)11-14-30)19-6-3-2-4-7-19;/h2-9,20-21,23,28,30H,10-18H2,1H3;1H/t20-,21?,23+,27+;/m1./s1. The van der Waals surface area contributed by atoms with Crippen molar-refractivity contribution >= 4 is 5.91 Å². The zero-order valence-corrected chi connectivity index (χ0v) is 20.5. The number of carbonyl (C=O) groups is 1. The largest absolute Gasteiger partial charge is 1.00 e. The third-order valence-electron chi connectivity index (χ3n) is 8.14. The molecule has 2 aromatic rings. The smallest absolute Gasteiger partial charge is 0.232 e. The molecular formula is C27H35ClN2O4. The minimum Gasteiger partial charge on any atom is -1.00 e. The molecule has 3 N–H and O–H groups in total. The quantitative estimate of drug-likeness (QED) is 0.572. The van der Waals surface area contributed by atoms with Gasteiger partial charge in [0.2, 0.25) is 5.91 Å². The lowest BCUT2D eigenvalue weighted by atomic mass is 9.68. The highest BCUT2D eigenvalue weighted by Crippen LogP contribution is 2.49. The van der Waals surface area contributed by atoms with Gasteiger partial charge in [-0.15, -0.1) is 0 Å². The number of fused-ring (bicyclic) bond motifs is 2. The lowest BCUT2D eigenvalue weighted by molar-refractivity contribution is -0.640. The lowest BCUT2D eigenvalue weighted by Crippen LogP contribution is -3.00. The first-order valence-electron chi connectivity index (χ1n) is 12.3. The second-order valence-electron chi connectivity index (χ2n) is 9.70. The van der Waals surface area contributed by atoms with E-state index in [0.717, 1.165) is 56.0 Å². The van der Waals surface area contributed by atoms with E-state index in [0.29, 0.717) is 18.9 Å². The zero-order chi connectivity index (χ0) is 22.8. The summed E-state index contributed by atoms with van der Waals surface area (Å²) in [4.78, 5) is 16.2. The van der Waals surface area contributed by atoms with E-state index in [9.17, 15) is 9.90 Å². The van der Waals surface area contributed by atoms with Crippen molar-refractivity contribution in [3.8, 4) is 11.5 Å². The van der Waals surface area contributed by atoms with Gasteiger partial charge >= 0.3 is 0 Å². The van der Waals surface area contributed by atoms with Crippen LogP contribution in [-0.2, 0) is 10.2 Å². The van der Waals surface area contributed by atoms with Crippen LogP contribution < -0.4 is 27.2 Å². The number of halogens is 1. The van der Waals surface area contributed by atoms with Crippen molar-refractivity contribution in [2.24, 2.45) is 5.92 Å². The van der Waals surface area contributed by atoms with Gasteiger partial charge in [-0.1, -0.05) is 42.5 Å². The van der Waals surface area contributed by atoms with E-state index in [4.69, 9.17) is 9.47 Å². The summed E-state index contributed by atoms with van der Waals surface area (Å²) in [5.41, 5.74) is 2.21. The molecule has 0 saturated carbocycles. The molecule has 1 spiro atoms. The first-order valence-corrected chi connectivity index (χ1v) is 12.3. The monoisotopic (exact) mass is 486 g/mol. The van der Waals surface area contributed by atoms with Crippen molar-refractivity contribution in [2.75, 3.05) is 40.0 Å². The number of benzene rings is 2. The maximum Gasteiger partial charge on any atom is 0.232 e. The van der Waals surface area contributed by atoms with Crippen LogP contribution in [-0.4, -0.2) is 61.9 Å². The molecule has 6 nitrogen and oxygen atoms in total. The Bertz CT molecular complexity index is 988. The fourth-order valence-corrected chi connectivity index (χ4v) is 6.47. The van der Waals surface area contributed by atoms with Crippen molar-refractivity contribution in [2.45, 2.75) is 43.1 Å². The predicted molar refractivity (Wildman–Crippen MR) is 126 cm³/mol. The van der Waals surface area contributed by atoms with Crippen molar-refractivity contribution in [1.29, 1.82) is 0 Å². The van der Waals surface area contributed by atoms with Crippen LogP contribution in [0, 0.1) is 5.92 Å². The van der Waals surface area contributed by atoms with Gasteiger partial charge < -0.3 is 37.2 Å². The Labute approximate surface area is 208 Å². The van der Waals surface area contributed by atoms with E-state index in [2.05, 4.69) is 40.5 Å². The molecule has 3 aliphatic rings. The summed E-state index contributed by atoms with van der Waals surface area (Å²) in [5.74, 6) is 2.12. The number of quaternary nitrogens is 1. The maximum absolute atomic E-state index is 14.1. The highest BCUT2D eigenvalue weighted by Gasteiger charge is 2.55. The number of amides is 1. The fourth-order valence-electron chi connectivity index (χ4n) is 6.47. The number of para-hydroxylation sites is 1. The van der Waals surface area contributed by atoms with E-state index < -0.39 is 0 Å². The van der Waals surface area contributed by atoms with Crippen LogP contribution in [0.1, 0.15) is 42.7 Å². The number of aliphatic hydroxyl groups is 1. The molecule has 184 valence electrons. The Morgan fingerprint density at radius 2 is 2.06 bits per heavy atom. The Hall–Kier alpha value is -2.28. The Balaban J connectivity index is 0.00000274. The van der Waals surface area contributed by atoms with Gasteiger partial charge in [0, 0.05) is 24.8 Å². The van der Waals surface area contributed by atoms with Gasteiger partial charge in [-0.2, -0.15) is 0 Å². The number of carbonyl (C=O) groups excluding carboxylic acids is 1. The van der Waals surface area contributed by atoms with Crippen molar-refractivity contribution in [1.82, 2.24) is 4.90 Å². The van der Waals surface area contributed by atoms with Crippen LogP contribution in [0.2, 0.25) is 0 Å². The second kappa shape index (κ2) is 10.5. The van der Waals surface area contributed by atoms with E-state index >= 15 is 0 Å². The average Bonchev–Trinajstić information content (AvgIpc) is 3.28. The predicted octanol–water partition coefficient (Wildman–Crippen LogP) is -0.930. The van der Waals surface area contributed by atoms with Gasteiger partial charge in [0.05, 0.1) is 32.2 Å². The van der Waals surface area contributed by atoms with Crippen LogP contribution in [0.15, 0.2) is 48.5 Å². The number of rotatable bonds is 5. The molecule has 3 aliphatic heterocycles. The number of hydrogen-bond donors (Lipinski definition) is 2. The van der Waals surface area contributed by atoms with Crippen LogP contribution in [0.25, 0.3) is 0 Å². The Morgan fingerprint density at radius 3 is 2.82 bits per heavy atom. The molecule has 0 aromatic heterocycles. The SMILES string of the molecule is COc1cccc2c1OCC[C@]21C[NH2+]C[C@H]1C(=O)N1CC[C@@H](c2ccccc2)CC1CCO.[Cl-]. The normalized spacial score (nSPS) is 28.1. The maximum atomic E-state index is 14.1. The molecule has 0 radical (unpaired) electrons. The number of hydrogen-bond acceptors (Lipinski definition) is 4. The summed E-state index contributed by atoms with van der Waals surface area (Å²) in [6, 6.07) is 16.7. The van der Waals surface area contributed by atoms with Gasteiger partial charge in [-0.25, -0.2) is 0 Å². The molecule has 7 heteroatoms. The van der Waals surface area contributed by atoms with Crippen LogP contribution in [0.3, 0.4) is 0 Å². The number of ether oxygens (including phenoxy) is 2. The summed E-state index contributed by atoms with van der Waals surface area (Å²) in [6.45, 7) is 3.13. The Morgan fingerprint density at radius 1 is 1.24 bits per heavy atom. The van der Waals surface area contributed by atoms with Gasteiger partial charge in [0.1, 0.15) is 5.92 Å². The Kier molecular flexibility index (Phi) is 7.70. The zero-order valence-electron chi connectivity index (χ0n) is 19.8. The van der Waals surface area contributed by atoms with Gasteiger partial charge in [-0.3, -0.25) is 4.79 Å². The minimum absolute atomic E-state index is 0. The second-order valence-corrected chi connectivity index (χ2v) is 9.70. The number of aliphatic hydroxyl groups excluding tert-OH is 1. The summed E-state index contributed by atoms with van der Waals surface area (Å²) in [6.07, 6.45) is 3.35. The molecule has 0 bridgehead atoms. The third-order valence-corrected chi connectivity index (χ3v) is 8.14. The molecule has 2 saturated heterocycles. The van der Waals surface area contributed by atoms with Gasteiger partial charge in [-0.05, 0) is 43.2 Å². The first kappa shape index (κ1) is 24.8. The average molecular weight is 487 g/mol. The van der Waals surface area contributed by atoms with Crippen molar-refractivity contribution < 1.29 is 37.1 Å². The summed E-state index contributed by atoms with van der Waals surface area (Å²) < 4.78 is 11.6. The molecule has 2 fully saturated rings. The van der Waals surface area contributed by atoms with E-state index in [1.807, 2.05) is 18.2 Å². The number of nitrogens with zero attached hydrogens (tertiary/aromatic N) is 1. The highest BCUT2D eigenvalue weighted by atomic mass is 35.5. The summed E-state index contributed by atoms with van der Waals surface area (Å²) in [7, 11) is 1.67. The third kappa shape index (κ3) is 4.28. The minimum atomic E-state index is -0.237. The van der Waals surface area contributed by atoms with Crippen LogP contribution >= 0.6 is 0 Å². The molecule has 34 heavy (non-hydrogen) atoms. The topological polar surface area (TPSA) is 75.6 Å². The number of nitrogens with two attached hydrogens (primary N) is 1. The molecule has 1 unspecified atom stereocenters. The van der Waals surface area contributed by atoms with Crippen molar-refractivity contribution in [3.63, 3.8) is 0 Å². The van der Waals surface area contributed by atoms with E-state index in [1.54, 1.807) is 7.11 Å². The molecule has 3 heterocycles. The van der Waals surface area contributed by atoms with Crippen LogP contribution in [0.4, 0.5) is 0 Å².